The first kappa shape index (κ1) is 28.9. The lowest BCUT2D eigenvalue weighted by Gasteiger charge is -2.35. The minimum Gasteiger partial charge on any atom is -0.361 e. The van der Waals surface area contributed by atoms with Crippen LogP contribution in [0.1, 0.15) is 161 Å². The molecule has 0 unspecified atom stereocenters. The molecule has 0 bridgehead atoms. The van der Waals surface area contributed by atoms with E-state index >= 15 is 0 Å². The molecule has 31 heavy (non-hydrogen) atoms. The number of hydrogen-bond acceptors (Lipinski definition) is 4. The maximum absolute atomic E-state index is 10.2. The van der Waals surface area contributed by atoms with Gasteiger partial charge in [-0.15, -0.1) is 0 Å². The molecule has 1 saturated carbocycles. The van der Waals surface area contributed by atoms with Crippen molar-refractivity contribution in [1.82, 2.24) is 0 Å². The Balaban J connectivity index is 2.28. The first-order valence-corrected chi connectivity index (χ1v) is 13.9. The minimum atomic E-state index is -2.41. The Morgan fingerprint density at radius 3 is 0.516 bits per heavy atom. The fourth-order valence-electron chi connectivity index (χ4n) is 4.86. The molecule has 0 saturated heterocycles. The van der Waals surface area contributed by atoms with E-state index in [9.17, 15) is 20.4 Å². The maximum Gasteiger partial charge on any atom is 0.218 e. The van der Waals surface area contributed by atoms with Crippen LogP contribution in [0.15, 0.2) is 0 Å². The smallest absolute Gasteiger partial charge is 0.218 e. The van der Waals surface area contributed by atoms with E-state index in [2.05, 4.69) is 0 Å². The third-order valence-electron chi connectivity index (χ3n) is 7.19. The van der Waals surface area contributed by atoms with Crippen LogP contribution in [0.25, 0.3) is 0 Å². The second-order valence-electron chi connectivity index (χ2n) is 10.3. The summed E-state index contributed by atoms with van der Waals surface area (Å²) in [5.74, 6) is -4.81. The number of aliphatic hydroxyl groups is 4. The summed E-state index contributed by atoms with van der Waals surface area (Å²) in [6.45, 7) is 0. The van der Waals surface area contributed by atoms with E-state index in [1.165, 1.54) is 109 Å². The van der Waals surface area contributed by atoms with Gasteiger partial charge in [-0.25, -0.2) is 0 Å². The van der Waals surface area contributed by atoms with Gasteiger partial charge in [0, 0.05) is 12.8 Å². The fourth-order valence-corrected chi connectivity index (χ4v) is 4.86. The highest BCUT2D eigenvalue weighted by Crippen LogP contribution is 2.29. The van der Waals surface area contributed by atoms with Gasteiger partial charge < -0.3 is 20.4 Å². The predicted molar refractivity (Wildman–Crippen MR) is 130 cm³/mol. The summed E-state index contributed by atoms with van der Waals surface area (Å²) >= 11 is 0. The summed E-state index contributed by atoms with van der Waals surface area (Å²) in [5.41, 5.74) is 0. The van der Waals surface area contributed by atoms with Crippen LogP contribution in [0.3, 0.4) is 0 Å². The van der Waals surface area contributed by atoms with Gasteiger partial charge in [0.2, 0.25) is 11.6 Å². The monoisotopic (exact) mass is 442 g/mol. The molecule has 4 nitrogen and oxygen atoms in total. The van der Waals surface area contributed by atoms with Crippen molar-refractivity contribution < 1.29 is 20.4 Å². The second kappa shape index (κ2) is 18.3. The van der Waals surface area contributed by atoms with Crippen LogP contribution in [0.2, 0.25) is 0 Å². The Bertz CT molecular complexity index is 359. The molecular weight excluding hydrogens is 388 g/mol. The van der Waals surface area contributed by atoms with Gasteiger partial charge in [0.1, 0.15) is 0 Å². The third-order valence-corrected chi connectivity index (χ3v) is 7.19. The second-order valence-corrected chi connectivity index (χ2v) is 10.3. The van der Waals surface area contributed by atoms with Crippen LogP contribution in [0.4, 0.5) is 0 Å². The third kappa shape index (κ3) is 15.3. The standard InChI is InChI=1S/C27H54O4/c28-26(29)24-22-20-18-16-14-12-10-8-6-4-2-1-3-5-7-9-11-13-15-17-19-21-23-25-27(26,30)31/h28-31H,1-25H2. The van der Waals surface area contributed by atoms with E-state index in [0.29, 0.717) is 12.8 Å². The van der Waals surface area contributed by atoms with Crippen LogP contribution in [0, 0.1) is 0 Å². The Morgan fingerprint density at radius 2 is 0.355 bits per heavy atom. The lowest BCUT2D eigenvalue weighted by molar-refractivity contribution is -0.361. The molecule has 0 radical (unpaired) electrons. The molecule has 1 aliphatic carbocycles. The van der Waals surface area contributed by atoms with Crippen LogP contribution in [-0.4, -0.2) is 32.0 Å². The molecule has 0 aromatic rings. The van der Waals surface area contributed by atoms with Gasteiger partial charge in [0.15, 0.2) is 0 Å². The van der Waals surface area contributed by atoms with Crippen molar-refractivity contribution in [2.75, 3.05) is 0 Å². The Hall–Kier alpha value is -0.160. The van der Waals surface area contributed by atoms with Crippen molar-refractivity contribution in [2.45, 2.75) is 172 Å². The summed E-state index contributed by atoms with van der Waals surface area (Å²) in [7, 11) is 0. The molecule has 4 heteroatoms. The first-order valence-electron chi connectivity index (χ1n) is 13.9. The molecule has 1 rings (SSSR count). The fraction of sp³-hybridized carbons (Fsp3) is 1.00. The highest BCUT2D eigenvalue weighted by molar-refractivity contribution is 4.82. The van der Waals surface area contributed by atoms with E-state index in [0.717, 1.165) is 25.7 Å². The molecule has 0 spiro atoms. The molecule has 0 amide bonds. The van der Waals surface area contributed by atoms with Crippen molar-refractivity contribution >= 4 is 0 Å². The molecule has 4 N–H and O–H groups in total. The minimum absolute atomic E-state index is 0.0278. The Morgan fingerprint density at radius 1 is 0.226 bits per heavy atom. The van der Waals surface area contributed by atoms with Gasteiger partial charge >= 0.3 is 0 Å². The van der Waals surface area contributed by atoms with E-state index in [4.69, 9.17) is 0 Å². The molecule has 186 valence electrons. The quantitative estimate of drug-likeness (QED) is 0.301. The van der Waals surface area contributed by atoms with Gasteiger partial charge in [-0.2, -0.15) is 0 Å². The highest BCUT2D eigenvalue weighted by atomic mass is 16.6. The van der Waals surface area contributed by atoms with E-state index in [-0.39, 0.29) is 12.8 Å². The van der Waals surface area contributed by atoms with Crippen LogP contribution < -0.4 is 0 Å². The van der Waals surface area contributed by atoms with Gasteiger partial charge in [0.25, 0.3) is 0 Å². The molecule has 0 aromatic heterocycles. The van der Waals surface area contributed by atoms with Crippen LogP contribution in [0.5, 0.6) is 0 Å². The first-order chi connectivity index (χ1) is 15.0. The molecular formula is C27H54O4. The van der Waals surface area contributed by atoms with E-state index < -0.39 is 11.6 Å². The van der Waals surface area contributed by atoms with Gasteiger partial charge in [-0.05, 0) is 12.8 Å². The van der Waals surface area contributed by atoms with Gasteiger partial charge in [0.05, 0.1) is 0 Å². The van der Waals surface area contributed by atoms with Crippen molar-refractivity contribution in [3.05, 3.63) is 0 Å². The number of hydrogen-bond donors (Lipinski definition) is 4. The zero-order chi connectivity index (χ0) is 22.7. The normalized spacial score (nSPS) is 25.9. The van der Waals surface area contributed by atoms with E-state index in [1.807, 2.05) is 0 Å². The molecule has 0 aliphatic heterocycles. The van der Waals surface area contributed by atoms with Crippen molar-refractivity contribution in [1.29, 1.82) is 0 Å². The summed E-state index contributed by atoms with van der Waals surface area (Å²) in [6, 6.07) is 0. The lowest BCUT2D eigenvalue weighted by atomic mass is 9.93. The molecule has 1 aliphatic rings. The Labute approximate surface area is 192 Å². The van der Waals surface area contributed by atoms with Crippen LogP contribution in [-0.2, 0) is 0 Å². The average molecular weight is 443 g/mol. The summed E-state index contributed by atoms with van der Waals surface area (Å²) in [4.78, 5) is 0. The topological polar surface area (TPSA) is 80.9 Å². The summed E-state index contributed by atoms with van der Waals surface area (Å²) < 4.78 is 0. The highest BCUT2D eigenvalue weighted by Gasteiger charge is 2.45. The number of rotatable bonds is 0. The molecule has 1 fully saturated rings. The SMILES string of the molecule is OC1(O)CCCCCCCCCCCCCCCCCCCCCCCCCC1(O)O. The largest absolute Gasteiger partial charge is 0.361 e. The molecule has 0 aromatic carbocycles. The molecule has 0 heterocycles. The van der Waals surface area contributed by atoms with Crippen LogP contribution >= 0.6 is 0 Å². The van der Waals surface area contributed by atoms with Gasteiger partial charge in [-0.3, -0.25) is 0 Å². The summed E-state index contributed by atoms with van der Waals surface area (Å²) in [5, 5.41) is 40.8. The van der Waals surface area contributed by atoms with Crippen molar-refractivity contribution in [2.24, 2.45) is 0 Å². The zero-order valence-electron chi connectivity index (χ0n) is 20.5. The van der Waals surface area contributed by atoms with E-state index in [1.54, 1.807) is 0 Å². The Kier molecular flexibility index (Phi) is 17.0. The molecule has 0 atom stereocenters. The average Bonchev–Trinajstić information content (AvgIpc) is 2.73. The summed E-state index contributed by atoms with van der Waals surface area (Å²) in [6.07, 6.45) is 28.1. The maximum atomic E-state index is 10.2. The van der Waals surface area contributed by atoms with Gasteiger partial charge in [-0.1, -0.05) is 135 Å². The predicted octanol–water partition coefficient (Wildman–Crippen LogP) is 7.11. The lowest BCUT2D eigenvalue weighted by Crippen LogP contribution is -2.54. The van der Waals surface area contributed by atoms with Crippen molar-refractivity contribution in [3.63, 3.8) is 0 Å². The zero-order valence-corrected chi connectivity index (χ0v) is 20.5. The van der Waals surface area contributed by atoms with Crippen molar-refractivity contribution in [3.8, 4) is 0 Å².